The van der Waals surface area contributed by atoms with Gasteiger partial charge in [0.2, 0.25) is 0 Å². The molecule has 6 nitrogen and oxygen atoms in total. The van der Waals surface area contributed by atoms with E-state index in [4.69, 9.17) is 4.74 Å². The van der Waals surface area contributed by atoms with Gasteiger partial charge in [0.1, 0.15) is 5.75 Å². The summed E-state index contributed by atoms with van der Waals surface area (Å²) in [5.74, 6) is -0.349. The number of thioether (sulfide) groups is 1. The lowest BCUT2D eigenvalue weighted by atomic mass is 10.1. The zero-order valence-electron chi connectivity index (χ0n) is 14.5. The Kier molecular flexibility index (Phi) is 7.23. The molecule has 0 aliphatic carbocycles. The minimum atomic E-state index is -1.11. The third kappa shape index (κ3) is 5.63. The van der Waals surface area contributed by atoms with E-state index in [9.17, 15) is 14.7 Å². The maximum Gasteiger partial charge on any atom is 0.271 e. The van der Waals surface area contributed by atoms with E-state index in [0.29, 0.717) is 22.8 Å². The maximum absolute atomic E-state index is 12.0. The minimum Gasteiger partial charge on any atom is -0.549 e. The quantitative estimate of drug-likeness (QED) is 0.565. The number of ether oxygens (including phenoxy) is 1. The Balaban J connectivity index is 2.10. The predicted molar refractivity (Wildman–Crippen MR) is 100 cm³/mol. The Labute approximate surface area is 156 Å². The summed E-state index contributed by atoms with van der Waals surface area (Å²) in [7, 11) is 1.56. The second-order valence-electron chi connectivity index (χ2n) is 5.40. The van der Waals surface area contributed by atoms with Crippen molar-refractivity contribution in [2.45, 2.75) is 12.7 Å². The number of carbonyl (C=O) groups excluding carboxylic acids is 2. The van der Waals surface area contributed by atoms with Crippen LogP contribution in [0.1, 0.15) is 28.4 Å². The van der Waals surface area contributed by atoms with Crippen molar-refractivity contribution in [3.63, 3.8) is 0 Å². The van der Waals surface area contributed by atoms with E-state index in [1.54, 1.807) is 44.4 Å². The highest BCUT2D eigenvalue weighted by Crippen LogP contribution is 2.24. The van der Waals surface area contributed by atoms with Crippen LogP contribution in [0.2, 0.25) is 0 Å². The van der Waals surface area contributed by atoms with E-state index in [0.717, 1.165) is 11.1 Å². The molecule has 0 saturated heterocycles. The molecular weight excluding hydrogens is 352 g/mol. The number of carbonyl (C=O) groups is 2. The van der Waals surface area contributed by atoms with Crippen molar-refractivity contribution in [2.75, 3.05) is 12.9 Å². The van der Waals surface area contributed by atoms with E-state index >= 15 is 0 Å². The number of hydrogen-bond donors (Lipinski definition) is 1. The maximum atomic E-state index is 12.0. The molecule has 2 aromatic carbocycles. The van der Waals surface area contributed by atoms with Gasteiger partial charge in [-0.2, -0.15) is 16.9 Å². The van der Waals surface area contributed by atoms with Crippen molar-refractivity contribution < 1.29 is 19.4 Å². The molecule has 136 valence electrons. The Morgan fingerprint density at radius 2 is 1.88 bits per heavy atom. The largest absolute Gasteiger partial charge is 0.549 e. The molecule has 0 spiro atoms. The van der Waals surface area contributed by atoms with Crippen LogP contribution >= 0.6 is 11.8 Å². The number of hydrazone groups is 1. The fourth-order valence-corrected chi connectivity index (χ4v) is 2.93. The van der Waals surface area contributed by atoms with Crippen molar-refractivity contribution in [3.8, 4) is 5.75 Å². The second kappa shape index (κ2) is 9.62. The molecule has 26 heavy (non-hydrogen) atoms. The monoisotopic (exact) mass is 371 g/mol. The lowest BCUT2D eigenvalue weighted by molar-refractivity contribution is -0.301. The Morgan fingerprint density at radius 3 is 2.54 bits per heavy atom. The first-order valence-corrected chi connectivity index (χ1v) is 9.01. The molecule has 7 heteroatoms. The summed E-state index contributed by atoms with van der Waals surface area (Å²) in [5, 5.41) is 14.7. The summed E-state index contributed by atoms with van der Waals surface area (Å²) >= 11 is 1.23. The lowest BCUT2D eigenvalue weighted by Crippen LogP contribution is -2.24. The molecule has 0 heterocycles. The zero-order valence-corrected chi connectivity index (χ0v) is 15.3. The topological polar surface area (TPSA) is 90.8 Å². The molecule has 1 amide bonds. The predicted octanol–water partition coefficient (Wildman–Crippen LogP) is 1.83. The molecule has 2 aromatic rings. The minimum absolute atomic E-state index is 0.0897. The molecule has 0 fully saturated rings. The summed E-state index contributed by atoms with van der Waals surface area (Å²) in [6.45, 7) is 1.78. The van der Waals surface area contributed by atoms with Crippen LogP contribution in [0.25, 0.3) is 0 Å². The number of carboxylic acid groups (broad SMARTS) is 1. The lowest BCUT2D eigenvalue weighted by Gasteiger charge is -2.11. The second-order valence-corrected chi connectivity index (χ2v) is 6.38. The summed E-state index contributed by atoms with van der Waals surface area (Å²) in [6.07, 6.45) is 0. The van der Waals surface area contributed by atoms with Gasteiger partial charge in [-0.05, 0) is 42.8 Å². The van der Waals surface area contributed by atoms with Gasteiger partial charge >= 0.3 is 0 Å². The van der Waals surface area contributed by atoms with Crippen LogP contribution in [0.5, 0.6) is 5.75 Å². The van der Waals surface area contributed by atoms with Gasteiger partial charge in [0.15, 0.2) is 0 Å². The smallest absolute Gasteiger partial charge is 0.271 e. The fourth-order valence-electron chi connectivity index (χ4n) is 2.21. The van der Waals surface area contributed by atoms with Gasteiger partial charge in [-0.15, -0.1) is 0 Å². The molecule has 0 atom stereocenters. The summed E-state index contributed by atoms with van der Waals surface area (Å²) < 4.78 is 5.31. The molecule has 0 bridgehead atoms. The molecule has 0 radical (unpaired) electrons. The highest BCUT2D eigenvalue weighted by Gasteiger charge is 2.08. The van der Waals surface area contributed by atoms with Gasteiger partial charge < -0.3 is 14.6 Å². The number of nitrogens with one attached hydrogen (secondary N) is 1. The number of benzene rings is 2. The standard InChI is InChI=1S/C19H20N2O4S/c1-13(20-21-19(24)14-6-4-3-5-7-14)15-8-9-17(25-2)16(10-15)11-26-12-18(22)23/h3-10H,11-12H2,1-2H3,(H,21,24)(H,22,23)/p-1/b20-13-. The highest BCUT2D eigenvalue weighted by atomic mass is 32.2. The summed E-state index contributed by atoms with van der Waals surface area (Å²) in [6, 6.07) is 14.3. The van der Waals surface area contributed by atoms with Crippen LogP contribution in [0.3, 0.4) is 0 Å². The Hall–Kier alpha value is -2.80. The molecule has 0 aliphatic rings. The molecule has 0 aromatic heterocycles. The summed E-state index contributed by atoms with van der Waals surface area (Å²) in [5.41, 5.74) is 5.34. The van der Waals surface area contributed by atoms with Crippen molar-refractivity contribution in [2.24, 2.45) is 5.10 Å². The van der Waals surface area contributed by atoms with Crippen molar-refractivity contribution >= 4 is 29.4 Å². The van der Waals surface area contributed by atoms with Gasteiger partial charge in [0, 0.05) is 22.6 Å². The Bertz CT molecular complexity index is 806. The molecule has 1 N–H and O–H groups in total. The van der Waals surface area contributed by atoms with Crippen molar-refractivity contribution in [1.29, 1.82) is 0 Å². The normalized spacial score (nSPS) is 11.1. The first-order valence-electron chi connectivity index (χ1n) is 7.86. The Morgan fingerprint density at radius 1 is 1.15 bits per heavy atom. The van der Waals surface area contributed by atoms with Crippen LogP contribution in [-0.2, 0) is 10.5 Å². The van der Waals surface area contributed by atoms with Gasteiger partial charge in [-0.25, -0.2) is 5.43 Å². The van der Waals surface area contributed by atoms with Gasteiger partial charge in [-0.3, -0.25) is 4.79 Å². The fraction of sp³-hybridized carbons (Fsp3) is 0.211. The molecule has 0 aliphatic heterocycles. The van der Waals surface area contributed by atoms with Crippen molar-refractivity contribution in [1.82, 2.24) is 5.43 Å². The van der Waals surface area contributed by atoms with E-state index in [2.05, 4.69) is 10.5 Å². The molecule has 0 unspecified atom stereocenters. The molecular formula is C19H19N2O4S-. The number of carboxylic acids is 1. The van der Waals surface area contributed by atoms with Crippen LogP contribution in [0.15, 0.2) is 53.6 Å². The van der Waals surface area contributed by atoms with E-state index in [1.165, 1.54) is 11.8 Å². The number of aliphatic carboxylic acids is 1. The van der Waals surface area contributed by atoms with Gasteiger partial charge in [0.05, 0.1) is 18.8 Å². The van der Waals surface area contributed by atoms with Gasteiger partial charge in [0.25, 0.3) is 5.91 Å². The average molecular weight is 371 g/mol. The van der Waals surface area contributed by atoms with E-state index in [-0.39, 0.29) is 11.7 Å². The number of rotatable bonds is 8. The van der Waals surface area contributed by atoms with Crippen LogP contribution in [0.4, 0.5) is 0 Å². The SMILES string of the molecule is COc1ccc(/C(C)=N\NC(=O)c2ccccc2)cc1CSCC(=O)[O-]. The third-order valence-corrected chi connectivity index (χ3v) is 4.49. The van der Waals surface area contributed by atoms with Crippen LogP contribution < -0.4 is 15.3 Å². The first kappa shape index (κ1) is 19.5. The first-order chi connectivity index (χ1) is 12.5. The number of hydrogen-bond acceptors (Lipinski definition) is 6. The van der Waals surface area contributed by atoms with E-state index in [1.807, 2.05) is 18.2 Å². The number of nitrogens with zero attached hydrogens (tertiary/aromatic N) is 1. The van der Waals surface area contributed by atoms with E-state index < -0.39 is 5.97 Å². The average Bonchev–Trinajstić information content (AvgIpc) is 2.66. The van der Waals surface area contributed by atoms with Gasteiger partial charge in [-0.1, -0.05) is 18.2 Å². The zero-order chi connectivity index (χ0) is 18.9. The molecule has 0 saturated carbocycles. The van der Waals surface area contributed by atoms with Crippen LogP contribution in [-0.4, -0.2) is 30.5 Å². The summed E-state index contributed by atoms with van der Waals surface area (Å²) in [4.78, 5) is 22.6. The highest BCUT2D eigenvalue weighted by molar-refractivity contribution is 7.99. The third-order valence-electron chi connectivity index (χ3n) is 3.54. The van der Waals surface area contributed by atoms with Crippen LogP contribution in [0, 0.1) is 0 Å². The number of amides is 1. The molecule has 2 rings (SSSR count). The van der Waals surface area contributed by atoms with Crippen molar-refractivity contribution in [3.05, 3.63) is 65.2 Å². The number of methoxy groups -OCH3 is 1.